The predicted octanol–water partition coefficient (Wildman–Crippen LogP) is 2.83. The Bertz CT molecular complexity index is 810. The van der Waals surface area contributed by atoms with Gasteiger partial charge in [0.1, 0.15) is 5.75 Å². The van der Waals surface area contributed by atoms with E-state index in [1.807, 2.05) is 19.1 Å². The van der Waals surface area contributed by atoms with Crippen LogP contribution >= 0.6 is 44.1 Å². The van der Waals surface area contributed by atoms with Gasteiger partial charge in [-0.3, -0.25) is 25.8 Å². The van der Waals surface area contributed by atoms with E-state index in [-0.39, 0.29) is 17.5 Å². The molecule has 0 atom stereocenters. The van der Waals surface area contributed by atoms with Gasteiger partial charge in [-0.15, -0.1) is 0 Å². The fourth-order valence-electron chi connectivity index (χ4n) is 1.66. The highest BCUT2D eigenvalue weighted by molar-refractivity contribution is 9.10. The number of aryl methyl sites for hydroxylation is 1. The summed E-state index contributed by atoms with van der Waals surface area (Å²) in [7, 11) is 0. The van der Waals surface area contributed by atoms with Crippen molar-refractivity contribution in [3.8, 4) is 5.75 Å². The zero-order valence-electron chi connectivity index (χ0n) is 12.9. The lowest BCUT2D eigenvalue weighted by molar-refractivity contribution is -0.123. The van der Waals surface area contributed by atoms with Gasteiger partial charge in [-0.1, -0.05) is 6.07 Å². The van der Waals surface area contributed by atoms with Crippen molar-refractivity contribution in [1.29, 1.82) is 0 Å². The minimum absolute atomic E-state index is 0.0786. The largest absolute Gasteiger partial charge is 0.483 e. The van der Waals surface area contributed by atoms with Gasteiger partial charge < -0.3 is 9.15 Å². The molecule has 0 bridgehead atoms. The summed E-state index contributed by atoms with van der Waals surface area (Å²) in [5.41, 5.74) is 5.79. The average molecular weight is 491 g/mol. The van der Waals surface area contributed by atoms with Crippen molar-refractivity contribution in [3.63, 3.8) is 0 Å². The minimum Gasteiger partial charge on any atom is -0.483 e. The van der Waals surface area contributed by atoms with E-state index < -0.39 is 11.8 Å². The highest BCUT2D eigenvalue weighted by Crippen LogP contribution is 2.25. The topological polar surface area (TPSA) is 92.6 Å². The number of carbonyl (C=O) groups is 2. The average Bonchev–Trinajstić information content (AvgIpc) is 2.99. The lowest BCUT2D eigenvalue weighted by Crippen LogP contribution is -2.49. The maximum absolute atomic E-state index is 11.8. The third kappa shape index (κ3) is 6.15. The molecular weight excluding hydrogens is 478 g/mol. The van der Waals surface area contributed by atoms with Gasteiger partial charge in [0.2, 0.25) is 0 Å². The van der Waals surface area contributed by atoms with Gasteiger partial charge in [0.05, 0.1) is 4.47 Å². The maximum atomic E-state index is 11.8. The lowest BCUT2D eigenvalue weighted by atomic mass is 10.2. The van der Waals surface area contributed by atoms with Gasteiger partial charge in [-0.2, -0.15) is 0 Å². The summed E-state index contributed by atoms with van der Waals surface area (Å²) in [6.45, 7) is 1.72. The zero-order valence-corrected chi connectivity index (χ0v) is 16.9. The number of halogens is 2. The zero-order chi connectivity index (χ0) is 18.4. The van der Waals surface area contributed by atoms with Crippen molar-refractivity contribution in [2.24, 2.45) is 0 Å². The number of furan rings is 1. The van der Waals surface area contributed by atoms with E-state index in [9.17, 15) is 9.59 Å². The summed E-state index contributed by atoms with van der Waals surface area (Å²) in [5.74, 6) is -0.392. The van der Waals surface area contributed by atoms with Crippen molar-refractivity contribution >= 4 is 61.0 Å². The van der Waals surface area contributed by atoms with Crippen LogP contribution in [0.25, 0.3) is 0 Å². The molecule has 132 valence electrons. The molecule has 2 amide bonds. The van der Waals surface area contributed by atoms with Crippen molar-refractivity contribution in [2.75, 3.05) is 6.61 Å². The SMILES string of the molecule is Cc1ccc(OCC(=O)NNC(=S)NC(=O)c2ccc(Br)o2)c(Br)c1. The summed E-state index contributed by atoms with van der Waals surface area (Å²) in [5, 5.41) is 2.28. The second-order valence-electron chi connectivity index (χ2n) is 4.78. The third-order valence-electron chi connectivity index (χ3n) is 2.79. The first-order valence-electron chi connectivity index (χ1n) is 6.89. The number of hydrazine groups is 1. The number of amides is 2. The highest BCUT2D eigenvalue weighted by atomic mass is 79.9. The molecule has 0 aliphatic rings. The van der Waals surface area contributed by atoms with Crippen LogP contribution in [0.2, 0.25) is 0 Å². The molecule has 0 radical (unpaired) electrons. The molecule has 2 aromatic rings. The number of hydrogen-bond acceptors (Lipinski definition) is 5. The molecule has 7 nitrogen and oxygen atoms in total. The third-order valence-corrected chi connectivity index (χ3v) is 4.04. The van der Waals surface area contributed by atoms with E-state index in [4.69, 9.17) is 21.4 Å². The summed E-state index contributed by atoms with van der Waals surface area (Å²) in [6.07, 6.45) is 0. The molecule has 0 fully saturated rings. The Morgan fingerprint density at radius 1 is 1.20 bits per heavy atom. The Kier molecular flexibility index (Phi) is 6.97. The van der Waals surface area contributed by atoms with Crippen LogP contribution in [0.3, 0.4) is 0 Å². The Morgan fingerprint density at radius 2 is 1.96 bits per heavy atom. The van der Waals surface area contributed by atoms with Crippen molar-refractivity contribution < 1.29 is 18.7 Å². The first kappa shape index (κ1) is 19.4. The number of hydrogen-bond donors (Lipinski definition) is 3. The number of carbonyl (C=O) groups excluding carboxylic acids is 2. The second kappa shape index (κ2) is 8.97. The van der Waals surface area contributed by atoms with Crippen molar-refractivity contribution in [2.45, 2.75) is 6.92 Å². The number of thiocarbonyl (C=S) groups is 1. The fourth-order valence-corrected chi connectivity index (χ4v) is 2.72. The quantitative estimate of drug-likeness (QED) is 0.450. The summed E-state index contributed by atoms with van der Waals surface area (Å²) in [6, 6.07) is 8.56. The van der Waals surface area contributed by atoms with E-state index >= 15 is 0 Å². The highest BCUT2D eigenvalue weighted by Gasteiger charge is 2.12. The Balaban J connectivity index is 1.73. The second-order valence-corrected chi connectivity index (χ2v) is 6.83. The molecule has 0 aliphatic carbocycles. The molecule has 1 aromatic carbocycles. The number of nitrogens with one attached hydrogen (secondary N) is 3. The predicted molar refractivity (Wildman–Crippen MR) is 102 cm³/mol. The normalized spacial score (nSPS) is 10.0. The van der Waals surface area contributed by atoms with Crippen molar-refractivity contribution in [1.82, 2.24) is 16.2 Å². The Labute approximate surface area is 165 Å². The monoisotopic (exact) mass is 489 g/mol. The molecule has 0 spiro atoms. The Hall–Kier alpha value is -1.91. The van der Waals surface area contributed by atoms with Gasteiger partial charge >= 0.3 is 0 Å². The van der Waals surface area contributed by atoms with Crippen LogP contribution in [0.1, 0.15) is 16.1 Å². The summed E-state index contributed by atoms with van der Waals surface area (Å²) >= 11 is 11.4. The molecule has 0 saturated carbocycles. The van der Waals surface area contributed by atoms with Crippen LogP contribution in [0, 0.1) is 6.92 Å². The minimum atomic E-state index is -0.544. The van der Waals surface area contributed by atoms with Crippen molar-refractivity contribution in [3.05, 3.63) is 50.8 Å². The molecule has 1 aromatic heterocycles. The van der Waals surface area contributed by atoms with Gasteiger partial charge in [0.15, 0.2) is 22.1 Å². The summed E-state index contributed by atoms with van der Waals surface area (Å²) < 4.78 is 11.6. The van der Waals surface area contributed by atoms with E-state index in [1.165, 1.54) is 6.07 Å². The van der Waals surface area contributed by atoms with Crippen LogP contribution in [0.4, 0.5) is 0 Å². The van der Waals surface area contributed by atoms with Gasteiger partial charge in [-0.05, 0) is 80.8 Å². The first-order chi connectivity index (χ1) is 11.8. The molecule has 25 heavy (non-hydrogen) atoms. The Morgan fingerprint density at radius 3 is 2.60 bits per heavy atom. The molecular formula is C15H13Br2N3O4S. The number of rotatable bonds is 4. The van der Waals surface area contributed by atoms with Crippen LogP contribution in [-0.2, 0) is 4.79 Å². The molecule has 1 heterocycles. The van der Waals surface area contributed by atoms with Gasteiger partial charge in [-0.25, -0.2) is 0 Å². The smallest absolute Gasteiger partial charge is 0.293 e. The first-order valence-corrected chi connectivity index (χ1v) is 8.89. The van der Waals surface area contributed by atoms with Crippen LogP contribution in [-0.4, -0.2) is 23.5 Å². The van der Waals surface area contributed by atoms with E-state index in [1.54, 1.807) is 12.1 Å². The molecule has 0 aliphatic heterocycles. The van der Waals surface area contributed by atoms with E-state index in [0.29, 0.717) is 10.4 Å². The fraction of sp³-hybridized carbons (Fsp3) is 0.133. The van der Waals surface area contributed by atoms with Crippen LogP contribution < -0.4 is 20.9 Å². The molecule has 2 rings (SSSR count). The molecule has 0 unspecified atom stereocenters. The van der Waals surface area contributed by atoms with E-state index in [0.717, 1.165) is 10.0 Å². The van der Waals surface area contributed by atoms with Gasteiger partial charge in [0, 0.05) is 0 Å². The lowest BCUT2D eigenvalue weighted by Gasteiger charge is -2.11. The molecule has 10 heteroatoms. The van der Waals surface area contributed by atoms with Gasteiger partial charge in [0.25, 0.3) is 11.8 Å². The van der Waals surface area contributed by atoms with Crippen LogP contribution in [0.5, 0.6) is 5.75 Å². The number of ether oxygens (including phenoxy) is 1. The molecule has 3 N–H and O–H groups in total. The van der Waals surface area contributed by atoms with Crippen LogP contribution in [0.15, 0.2) is 43.9 Å². The maximum Gasteiger partial charge on any atom is 0.293 e. The number of benzene rings is 1. The van der Waals surface area contributed by atoms with E-state index in [2.05, 4.69) is 48.0 Å². The molecule has 0 saturated heterocycles. The summed E-state index contributed by atoms with van der Waals surface area (Å²) in [4.78, 5) is 23.5. The standard InChI is InChI=1S/C15H13Br2N3O4S/c1-8-2-3-10(9(16)6-8)23-7-13(21)19-20-15(25)18-14(22)11-4-5-12(17)24-11/h2-6H,7H2,1H3,(H,19,21)(H2,18,20,22,25).